The van der Waals surface area contributed by atoms with Crippen LogP contribution in [0.2, 0.25) is 0 Å². The van der Waals surface area contributed by atoms with Crippen LogP contribution in [0.15, 0.2) is 48.5 Å². The zero-order valence-corrected chi connectivity index (χ0v) is 13.4. The monoisotopic (exact) mass is 328 g/mol. The minimum absolute atomic E-state index is 0.416. The smallest absolute Gasteiger partial charge is 0.406 e. The van der Waals surface area contributed by atoms with Gasteiger partial charge in [0.05, 0.1) is 17.3 Å². The molecule has 0 spiro atoms. The highest BCUT2D eigenvalue weighted by Crippen LogP contribution is 2.31. The molecule has 0 saturated heterocycles. The number of aromatic nitrogens is 1. The predicted molar refractivity (Wildman–Crippen MR) is 90.2 cm³/mol. The van der Waals surface area contributed by atoms with E-state index in [0.717, 1.165) is 28.0 Å². The number of para-hydroxylation sites is 1. The molecule has 5 nitrogen and oxygen atoms in total. The fraction of sp³-hybridized carbons (Fsp3) is 0.176. The Morgan fingerprint density at radius 2 is 1.96 bits per heavy atom. The summed E-state index contributed by atoms with van der Waals surface area (Å²) >= 11 is 1.52. The van der Waals surface area contributed by atoms with Crippen LogP contribution in [0.4, 0.5) is 4.79 Å². The van der Waals surface area contributed by atoms with Gasteiger partial charge in [0.25, 0.3) is 5.19 Å². The Bertz CT molecular complexity index is 766. The Morgan fingerprint density at radius 1 is 1.17 bits per heavy atom. The van der Waals surface area contributed by atoms with E-state index in [-0.39, 0.29) is 0 Å². The van der Waals surface area contributed by atoms with Crippen LogP contribution in [0, 0.1) is 0 Å². The first-order valence-electron chi connectivity index (χ1n) is 7.19. The number of carbonyl (C=O) groups is 1. The molecule has 1 N–H and O–H groups in total. The van der Waals surface area contributed by atoms with Gasteiger partial charge in [-0.25, -0.2) is 9.78 Å². The minimum atomic E-state index is -0.416. The van der Waals surface area contributed by atoms with E-state index in [1.807, 2.05) is 48.5 Å². The fourth-order valence-corrected chi connectivity index (χ4v) is 2.94. The fourth-order valence-electron chi connectivity index (χ4n) is 2.10. The molecule has 0 radical (unpaired) electrons. The van der Waals surface area contributed by atoms with E-state index in [2.05, 4.69) is 15.0 Å². The number of alkyl carbamates (subject to hydrolysis) is 1. The van der Waals surface area contributed by atoms with Gasteiger partial charge in [-0.05, 0) is 36.2 Å². The van der Waals surface area contributed by atoms with Gasteiger partial charge in [-0.1, -0.05) is 35.6 Å². The maximum atomic E-state index is 11.0. The Hall–Kier alpha value is -2.60. The van der Waals surface area contributed by atoms with Crippen molar-refractivity contribution in [2.24, 2.45) is 0 Å². The number of benzene rings is 2. The second kappa shape index (κ2) is 7.11. The summed E-state index contributed by atoms with van der Waals surface area (Å²) < 4.78 is 11.4. The third-order valence-electron chi connectivity index (χ3n) is 3.27. The van der Waals surface area contributed by atoms with Crippen LogP contribution in [-0.4, -0.2) is 24.7 Å². The minimum Gasteiger partial charge on any atom is -0.453 e. The zero-order chi connectivity index (χ0) is 16.1. The molecule has 23 heavy (non-hydrogen) atoms. The third kappa shape index (κ3) is 3.98. The number of amides is 1. The van der Waals surface area contributed by atoms with Crippen LogP contribution >= 0.6 is 11.3 Å². The Balaban J connectivity index is 1.59. The topological polar surface area (TPSA) is 60.5 Å². The molecule has 0 saturated carbocycles. The van der Waals surface area contributed by atoms with Crippen molar-refractivity contribution >= 4 is 27.6 Å². The maximum Gasteiger partial charge on any atom is 0.406 e. The van der Waals surface area contributed by atoms with Crippen LogP contribution < -0.4 is 10.1 Å². The second-order valence-electron chi connectivity index (χ2n) is 4.86. The van der Waals surface area contributed by atoms with Gasteiger partial charge in [-0.2, -0.15) is 0 Å². The van der Waals surface area contributed by atoms with E-state index in [0.29, 0.717) is 11.7 Å². The lowest BCUT2D eigenvalue weighted by Gasteiger charge is -2.05. The molecule has 0 aliphatic heterocycles. The lowest BCUT2D eigenvalue weighted by molar-refractivity contribution is 0.171. The van der Waals surface area contributed by atoms with Gasteiger partial charge in [-0.15, -0.1) is 0 Å². The average molecular weight is 328 g/mol. The van der Waals surface area contributed by atoms with Crippen molar-refractivity contribution in [1.29, 1.82) is 0 Å². The van der Waals surface area contributed by atoms with Crippen molar-refractivity contribution in [2.45, 2.75) is 6.42 Å². The quantitative estimate of drug-likeness (QED) is 0.769. The molecule has 1 amide bonds. The first-order valence-corrected chi connectivity index (χ1v) is 8.00. The summed E-state index contributed by atoms with van der Waals surface area (Å²) in [5.41, 5.74) is 2.05. The van der Waals surface area contributed by atoms with Crippen LogP contribution in [0.25, 0.3) is 10.2 Å². The molecule has 6 heteroatoms. The van der Waals surface area contributed by atoms with Crippen molar-refractivity contribution < 1.29 is 14.3 Å². The number of methoxy groups -OCH3 is 1. The summed E-state index contributed by atoms with van der Waals surface area (Å²) in [7, 11) is 1.35. The zero-order valence-electron chi connectivity index (χ0n) is 12.6. The van der Waals surface area contributed by atoms with Crippen LogP contribution in [0.3, 0.4) is 0 Å². The molecular weight excluding hydrogens is 312 g/mol. The molecule has 0 aliphatic rings. The van der Waals surface area contributed by atoms with Crippen LogP contribution in [0.5, 0.6) is 10.9 Å². The van der Waals surface area contributed by atoms with Gasteiger partial charge in [0.2, 0.25) is 0 Å². The lowest BCUT2D eigenvalue weighted by Crippen LogP contribution is -2.25. The number of thiazole rings is 1. The molecule has 0 fully saturated rings. The normalized spacial score (nSPS) is 10.5. The van der Waals surface area contributed by atoms with Crippen molar-refractivity contribution in [2.75, 3.05) is 13.7 Å². The molecule has 118 valence electrons. The van der Waals surface area contributed by atoms with Crippen molar-refractivity contribution in [1.82, 2.24) is 10.3 Å². The van der Waals surface area contributed by atoms with E-state index >= 15 is 0 Å². The molecule has 2 aromatic carbocycles. The van der Waals surface area contributed by atoms with Gasteiger partial charge < -0.3 is 14.8 Å². The molecule has 0 bridgehead atoms. The van der Waals surface area contributed by atoms with Crippen molar-refractivity contribution in [3.63, 3.8) is 0 Å². The molecule has 0 unspecified atom stereocenters. The Kier molecular flexibility index (Phi) is 4.73. The number of hydrogen-bond acceptors (Lipinski definition) is 5. The van der Waals surface area contributed by atoms with Gasteiger partial charge in [0, 0.05) is 6.54 Å². The molecule has 1 heterocycles. The van der Waals surface area contributed by atoms with E-state index in [1.54, 1.807) is 0 Å². The van der Waals surface area contributed by atoms with Gasteiger partial charge >= 0.3 is 6.09 Å². The Morgan fingerprint density at radius 3 is 2.70 bits per heavy atom. The molecule has 0 atom stereocenters. The first-order chi connectivity index (χ1) is 11.2. The van der Waals surface area contributed by atoms with Crippen LogP contribution in [0.1, 0.15) is 5.56 Å². The third-order valence-corrected chi connectivity index (χ3v) is 4.19. The molecule has 1 aromatic heterocycles. The highest BCUT2D eigenvalue weighted by molar-refractivity contribution is 7.20. The first kappa shape index (κ1) is 15.3. The largest absolute Gasteiger partial charge is 0.453 e. The average Bonchev–Trinajstić information content (AvgIpc) is 2.98. The van der Waals surface area contributed by atoms with Crippen LogP contribution in [-0.2, 0) is 11.2 Å². The highest BCUT2D eigenvalue weighted by Gasteiger charge is 2.05. The van der Waals surface area contributed by atoms with Crippen molar-refractivity contribution in [3.05, 3.63) is 54.1 Å². The second-order valence-corrected chi connectivity index (χ2v) is 5.86. The van der Waals surface area contributed by atoms with Gasteiger partial charge in [-0.3, -0.25) is 0 Å². The van der Waals surface area contributed by atoms with E-state index < -0.39 is 6.09 Å². The standard InChI is InChI=1S/C17H16N2O3S/c1-21-16(20)18-11-10-12-6-8-13(9-7-12)22-17-19-14-4-2-3-5-15(14)23-17/h2-9H,10-11H2,1H3,(H,18,20). The van der Waals surface area contributed by atoms with E-state index in [4.69, 9.17) is 4.74 Å². The van der Waals surface area contributed by atoms with Crippen molar-refractivity contribution in [3.8, 4) is 10.9 Å². The summed E-state index contributed by atoms with van der Waals surface area (Å²) in [6, 6.07) is 15.7. The number of fused-ring (bicyclic) bond motifs is 1. The number of rotatable bonds is 5. The molecule has 0 aliphatic carbocycles. The summed E-state index contributed by atoms with van der Waals surface area (Å²) in [5.74, 6) is 0.744. The maximum absolute atomic E-state index is 11.0. The predicted octanol–water partition coefficient (Wildman–Crippen LogP) is 3.99. The van der Waals surface area contributed by atoms with E-state index in [1.165, 1.54) is 18.4 Å². The molecule has 3 rings (SSSR count). The number of ether oxygens (including phenoxy) is 2. The number of nitrogens with zero attached hydrogens (tertiary/aromatic N) is 1. The van der Waals surface area contributed by atoms with Gasteiger partial charge in [0.1, 0.15) is 5.75 Å². The number of carbonyl (C=O) groups excluding carboxylic acids is 1. The number of hydrogen-bond donors (Lipinski definition) is 1. The molecule has 3 aromatic rings. The van der Waals surface area contributed by atoms with Gasteiger partial charge in [0.15, 0.2) is 0 Å². The Labute approximate surface area is 137 Å². The summed E-state index contributed by atoms with van der Waals surface area (Å²) in [4.78, 5) is 15.4. The SMILES string of the molecule is COC(=O)NCCc1ccc(Oc2nc3ccccc3s2)cc1. The number of nitrogens with one attached hydrogen (secondary N) is 1. The summed E-state index contributed by atoms with van der Waals surface area (Å²) in [6.07, 6.45) is 0.317. The summed E-state index contributed by atoms with van der Waals surface area (Å²) in [6.45, 7) is 0.532. The molecular formula is C17H16N2O3S. The lowest BCUT2D eigenvalue weighted by atomic mass is 10.1. The highest BCUT2D eigenvalue weighted by atomic mass is 32.1. The summed E-state index contributed by atoms with van der Waals surface area (Å²) in [5, 5.41) is 3.28. The van der Waals surface area contributed by atoms with E-state index in [9.17, 15) is 4.79 Å².